The molecule has 0 fully saturated rings. The van der Waals surface area contributed by atoms with Crippen LogP contribution < -0.4 is 37.9 Å². The predicted octanol–water partition coefficient (Wildman–Crippen LogP) is 43.1. The average Bonchev–Trinajstić information content (AvgIpc) is 0.818. The number of ether oxygens (including phenoxy) is 8. The van der Waals surface area contributed by atoms with E-state index < -0.39 is 0 Å². The molecule has 137 heavy (non-hydrogen) atoms. The van der Waals surface area contributed by atoms with Crippen LogP contribution in [0, 0.1) is 0 Å². The molecule has 0 saturated carbocycles. The van der Waals surface area contributed by atoms with Gasteiger partial charge in [0.15, 0.2) is 46.0 Å². The molecule has 4 aromatic carbocycles. The molecule has 0 aliphatic heterocycles. The summed E-state index contributed by atoms with van der Waals surface area (Å²) in [7, 11) is 0. The zero-order chi connectivity index (χ0) is 97.6. The maximum Gasteiger partial charge on any atom is 0.161 e. The summed E-state index contributed by atoms with van der Waals surface area (Å²) in [6, 6.07) is 25.1. The molecule has 0 spiro atoms. The van der Waals surface area contributed by atoms with Crippen LogP contribution in [0.5, 0.6) is 46.0 Å². The van der Waals surface area contributed by atoms with E-state index in [0.717, 1.165) is 139 Å². The summed E-state index contributed by atoms with van der Waals surface area (Å²) in [5, 5.41) is 0. The summed E-state index contributed by atoms with van der Waals surface area (Å²) < 4.78 is 51.8. The first kappa shape index (κ1) is 130. The van der Waals surface area contributed by atoms with Crippen molar-refractivity contribution in [2.75, 3.05) is 52.9 Å². The third-order valence-electron chi connectivity index (χ3n) is 27.4. The number of thiol groups is 4. The van der Waals surface area contributed by atoms with Crippen molar-refractivity contribution in [3.05, 3.63) is 95.1 Å². The number of rotatable bonds is 100. The first-order valence-corrected chi connectivity index (χ1v) is 60.7. The van der Waals surface area contributed by atoms with E-state index >= 15 is 0 Å². The summed E-state index contributed by atoms with van der Waals surface area (Å²) in [4.78, 5) is 3.21. The molecule has 0 amide bonds. The van der Waals surface area contributed by atoms with Gasteiger partial charge in [-0.15, -0.1) is 50.5 Å². The van der Waals surface area contributed by atoms with Gasteiger partial charge in [0.05, 0.1) is 52.9 Å². The summed E-state index contributed by atoms with van der Waals surface area (Å²) in [5.74, 6) is 6.50. The molecule has 0 saturated heterocycles. The first-order chi connectivity index (χ1) is 67.1. The number of unbranched alkanes of at least 4 members (excludes halogenated alkanes) is 72. The van der Waals surface area contributed by atoms with Gasteiger partial charge in [0.2, 0.25) is 0 Å². The van der Waals surface area contributed by atoms with Crippen LogP contribution in [-0.4, -0.2) is 52.9 Å². The van der Waals surface area contributed by atoms with Crippen molar-refractivity contribution < 1.29 is 54.4 Å². The van der Waals surface area contributed by atoms with E-state index in [4.69, 9.17) is 88.4 Å². The van der Waals surface area contributed by atoms with Crippen molar-refractivity contribution in [2.45, 2.75) is 569 Å². The van der Waals surface area contributed by atoms with Crippen molar-refractivity contribution in [1.29, 1.82) is 0 Å². The number of hydrogen-bond acceptors (Lipinski definition) is 12. The van der Waals surface area contributed by atoms with Gasteiger partial charge < -0.3 is 37.9 Å². The van der Waals surface area contributed by atoms with Gasteiger partial charge in [0.1, 0.15) is 0 Å². The van der Waals surface area contributed by atoms with Crippen LogP contribution in [0.1, 0.15) is 591 Å². The maximum atomic E-state index is 6.52. The van der Waals surface area contributed by atoms with Crippen molar-refractivity contribution in [3.8, 4) is 46.0 Å². The summed E-state index contributed by atoms with van der Waals surface area (Å²) in [5.41, 5.74) is 3.88. The van der Waals surface area contributed by atoms with Gasteiger partial charge in [-0.1, -0.05) is 518 Å². The molecule has 0 atom stereocenters. The minimum atomic E-state index is 0. The van der Waals surface area contributed by atoms with Crippen LogP contribution in [0.2, 0.25) is 0 Å². The van der Waals surface area contributed by atoms with Gasteiger partial charge in [-0.2, -0.15) is 0 Å². The minimum Gasteiger partial charge on any atom is -0.490 e. The van der Waals surface area contributed by atoms with Crippen LogP contribution in [0.4, 0.5) is 0 Å². The van der Waals surface area contributed by atoms with Crippen LogP contribution in [0.3, 0.4) is 0 Å². The zero-order valence-electron chi connectivity index (χ0n) is 90.5. The fourth-order valence-electron chi connectivity index (χ4n) is 18.3. The SMILES string of the molecule is CCCCCCCCCCCCOc1ccc(C(S)=C(S)c2ccc(OCCCCCCCCCCCC)c(OCCCCCCCCCCCC)c2)cc1OCCCCCCCCCCCC.CCCCCCCCCCCCOc1ccc(C(S)=C(S)c2ccc(OCCCCCCCCCCCC)c(OCCCCCCCCCCCC)c2)cc1OCCCCCCCCCCCC.[Ni]. The quantitative estimate of drug-likeness (QED) is 0.0151. The topological polar surface area (TPSA) is 73.8 Å². The molecule has 794 valence electrons. The molecule has 0 aromatic heterocycles. The third kappa shape index (κ3) is 72.6. The van der Waals surface area contributed by atoms with Crippen LogP contribution >= 0.6 is 50.5 Å². The van der Waals surface area contributed by atoms with E-state index in [1.54, 1.807) is 0 Å². The monoisotopic (exact) mass is 2020 g/mol. The Morgan fingerprint density at radius 1 is 0.139 bits per heavy atom. The molecular formula is C124H216NiO8S4. The molecule has 0 aliphatic carbocycles. The molecular weight excluding hydrogens is 1800 g/mol. The van der Waals surface area contributed by atoms with Gasteiger partial charge in [-0.3, -0.25) is 0 Å². The summed E-state index contributed by atoms with van der Waals surface area (Å²) >= 11 is 20.4. The fraction of sp³-hybridized carbons (Fsp3) is 0.774. The Morgan fingerprint density at radius 2 is 0.234 bits per heavy atom. The van der Waals surface area contributed by atoms with Crippen LogP contribution in [0.25, 0.3) is 19.6 Å². The van der Waals surface area contributed by atoms with Gasteiger partial charge in [-0.05, 0) is 146 Å². The molecule has 0 unspecified atom stereocenters. The van der Waals surface area contributed by atoms with Crippen LogP contribution in [0.15, 0.2) is 72.8 Å². The predicted molar refractivity (Wildman–Crippen MR) is 614 cm³/mol. The van der Waals surface area contributed by atoms with E-state index in [1.807, 2.05) is 0 Å². The second kappa shape index (κ2) is 98.7. The Morgan fingerprint density at radius 3 is 0.343 bits per heavy atom. The van der Waals surface area contributed by atoms with E-state index in [9.17, 15) is 0 Å². The Hall–Kier alpha value is -3.35. The number of benzene rings is 4. The standard InChI is InChI=1S/2C62H108O4S2.Ni/c2*1-5-9-13-17-21-25-29-33-37-41-49-63-57-47-45-55(53-59(57)65-51-43-39-35-31-27-23-19-15-11-7-3)61(67)62(68)56-46-48-58(64-50-42-38-34-30-26-22-18-14-10-6-2)60(54-56)66-52-44-40-36-32-28-24-20-16-12-8-4;/h2*45-48,53-54,67-68H,5-44,49-52H2,1-4H3;. The molecule has 13 heteroatoms. The van der Waals surface area contributed by atoms with Crippen molar-refractivity contribution in [2.24, 2.45) is 0 Å². The second-order valence-corrected chi connectivity index (χ2v) is 42.1. The Bertz CT molecular complexity index is 2930. The fourth-order valence-corrected chi connectivity index (χ4v) is 19.3. The van der Waals surface area contributed by atoms with Crippen molar-refractivity contribution in [3.63, 3.8) is 0 Å². The van der Waals surface area contributed by atoms with E-state index in [2.05, 4.69) is 128 Å². The largest absolute Gasteiger partial charge is 0.490 e. The van der Waals surface area contributed by atoms with Gasteiger partial charge >= 0.3 is 0 Å². The molecule has 4 rings (SSSR count). The Labute approximate surface area is 880 Å². The maximum absolute atomic E-state index is 6.52. The van der Waals surface area contributed by atoms with Crippen molar-refractivity contribution >= 4 is 70.1 Å². The molecule has 8 nitrogen and oxygen atoms in total. The smallest absolute Gasteiger partial charge is 0.161 e. The van der Waals surface area contributed by atoms with E-state index in [-0.39, 0.29) is 16.5 Å². The van der Waals surface area contributed by atoms with E-state index in [1.165, 1.54) is 462 Å². The zero-order valence-corrected chi connectivity index (χ0v) is 95.1. The van der Waals surface area contributed by atoms with Crippen LogP contribution in [-0.2, 0) is 16.5 Å². The molecule has 0 radical (unpaired) electrons. The summed E-state index contributed by atoms with van der Waals surface area (Å²) in [6.07, 6.45) is 105. The minimum absolute atomic E-state index is 0. The first-order valence-electron chi connectivity index (χ1n) is 58.9. The Balaban J connectivity index is 0.000000920. The van der Waals surface area contributed by atoms with Gasteiger partial charge in [0, 0.05) is 36.1 Å². The third-order valence-corrected chi connectivity index (χ3v) is 29.6. The molecule has 0 N–H and O–H groups in total. The van der Waals surface area contributed by atoms with Gasteiger partial charge in [-0.25, -0.2) is 0 Å². The number of hydrogen-bond donors (Lipinski definition) is 4. The Kier molecular flexibility index (Phi) is 93.4. The molecule has 0 heterocycles. The summed E-state index contributed by atoms with van der Waals surface area (Å²) in [6.45, 7) is 23.9. The van der Waals surface area contributed by atoms with E-state index in [0.29, 0.717) is 52.9 Å². The molecule has 4 aromatic rings. The van der Waals surface area contributed by atoms with Gasteiger partial charge in [0.25, 0.3) is 0 Å². The average molecular weight is 2020 g/mol. The molecule has 0 aliphatic rings. The molecule has 0 bridgehead atoms. The van der Waals surface area contributed by atoms with Crippen molar-refractivity contribution in [1.82, 2.24) is 0 Å². The normalized spacial score (nSPS) is 11.8. The second-order valence-electron chi connectivity index (χ2n) is 40.3.